The highest BCUT2D eigenvalue weighted by Gasteiger charge is 1.99. The van der Waals surface area contributed by atoms with E-state index in [4.69, 9.17) is 5.73 Å². The smallest absolute Gasteiger partial charge is 0.330 e. The van der Waals surface area contributed by atoms with Crippen molar-refractivity contribution in [3.05, 3.63) is 52.7 Å². The van der Waals surface area contributed by atoms with Crippen LogP contribution in [0.25, 0.3) is 5.69 Å². The summed E-state index contributed by atoms with van der Waals surface area (Å²) in [6, 6.07) is 7.96. The number of nitrogens with two attached hydrogens (primary N) is 1. The van der Waals surface area contributed by atoms with Crippen LogP contribution in [-0.4, -0.2) is 16.1 Å². The van der Waals surface area contributed by atoms with E-state index < -0.39 is 0 Å². The minimum absolute atomic E-state index is 0.116. The predicted octanol–water partition coefficient (Wildman–Crippen LogP) is 1.06. The van der Waals surface area contributed by atoms with E-state index in [1.165, 1.54) is 5.56 Å². The normalized spacial score (nSPS) is 10.6. The molecule has 4 nitrogen and oxygen atoms in total. The van der Waals surface area contributed by atoms with E-state index in [1.807, 2.05) is 24.3 Å². The Morgan fingerprint density at radius 1 is 1.25 bits per heavy atom. The SMILES string of the molecule is NCCCc1ccc(-n2cc[nH]c2=O)cc1. The number of hydrogen-bond acceptors (Lipinski definition) is 2. The first-order valence-electron chi connectivity index (χ1n) is 5.36. The summed E-state index contributed by atoms with van der Waals surface area (Å²) < 4.78 is 1.58. The van der Waals surface area contributed by atoms with Gasteiger partial charge in [-0.05, 0) is 37.1 Å². The number of aromatic nitrogens is 2. The molecule has 84 valence electrons. The maximum Gasteiger partial charge on any atom is 0.330 e. The second-order valence-corrected chi connectivity index (χ2v) is 3.69. The Hall–Kier alpha value is -1.81. The molecule has 4 heteroatoms. The van der Waals surface area contributed by atoms with Crippen LogP contribution in [0.2, 0.25) is 0 Å². The lowest BCUT2D eigenvalue weighted by Crippen LogP contribution is -2.13. The van der Waals surface area contributed by atoms with Crippen molar-refractivity contribution in [2.75, 3.05) is 6.54 Å². The zero-order valence-electron chi connectivity index (χ0n) is 9.02. The fraction of sp³-hybridized carbons (Fsp3) is 0.250. The van der Waals surface area contributed by atoms with Gasteiger partial charge in [0.15, 0.2) is 0 Å². The monoisotopic (exact) mass is 217 g/mol. The molecule has 0 aliphatic rings. The Kier molecular flexibility index (Phi) is 3.22. The van der Waals surface area contributed by atoms with E-state index >= 15 is 0 Å². The van der Waals surface area contributed by atoms with Crippen molar-refractivity contribution < 1.29 is 0 Å². The number of nitrogens with one attached hydrogen (secondary N) is 1. The molecule has 0 bridgehead atoms. The van der Waals surface area contributed by atoms with Crippen LogP contribution >= 0.6 is 0 Å². The highest BCUT2D eigenvalue weighted by atomic mass is 16.1. The quantitative estimate of drug-likeness (QED) is 0.804. The number of benzene rings is 1. The van der Waals surface area contributed by atoms with Gasteiger partial charge in [0.05, 0.1) is 5.69 Å². The molecule has 0 atom stereocenters. The van der Waals surface area contributed by atoms with Crippen LogP contribution in [-0.2, 0) is 6.42 Å². The average Bonchev–Trinajstić information content (AvgIpc) is 2.74. The molecule has 0 amide bonds. The highest BCUT2D eigenvalue weighted by molar-refractivity contribution is 5.34. The summed E-state index contributed by atoms with van der Waals surface area (Å²) in [5.74, 6) is 0. The third-order valence-corrected chi connectivity index (χ3v) is 2.53. The maximum atomic E-state index is 11.4. The van der Waals surface area contributed by atoms with Crippen molar-refractivity contribution >= 4 is 0 Å². The van der Waals surface area contributed by atoms with Crippen molar-refractivity contribution in [3.63, 3.8) is 0 Å². The summed E-state index contributed by atoms with van der Waals surface area (Å²) >= 11 is 0. The maximum absolute atomic E-state index is 11.4. The van der Waals surface area contributed by atoms with Crippen LogP contribution < -0.4 is 11.4 Å². The molecular formula is C12H15N3O. The predicted molar refractivity (Wildman–Crippen MR) is 63.8 cm³/mol. The Morgan fingerprint density at radius 2 is 2.00 bits per heavy atom. The lowest BCUT2D eigenvalue weighted by atomic mass is 10.1. The van der Waals surface area contributed by atoms with Gasteiger partial charge >= 0.3 is 5.69 Å². The van der Waals surface area contributed by atoms with Gasteiger partial charge in [0.2, 0.25) is 0 Å². The van der Waals surface area contributed by atoms with Crippen molar-refractivity contribution in [2.45, 2.75) is 12.8 Å². The Morgan fingerprint density at radius 3 is 2.56 bits per heavy atom. The number of aryl methyl sites for hydroxylation is 1. The van der Waals surface area contributed by atoms with E-state index in [-0.39, 0.29) is 5.69 Å². The molecule has 0 aliphatic carbocycles. The first-order valence-corrected chi connectivity index (χ1v) is 5.36. The van der Waals surface area contributed by atoms with Crippen LogP contribution in [0.4, 0.5) is 0 Å². The zero-order chi connectivity index (χ0) is 11.4. The third-order valence-electron chi connectivity index (χ3n) is 2.53. The number of rotatable bonds is 4. The Bertz CT molecular complexity index is 495. The molecule has 0 fully saturated rings. The Balaban J connectivity index is 2.20. The van der Waals surface area contributed by atoms with Gasteiger partial charge in [0.25, 0.3) is 0 Å². The van der Waals surface area contributed by atoms with E-state index in [0.29, 0.717) is 6.54 Å². The largest absolute Gasteiger partial charge is 0.330 e. The second kappa shape index (κ2) is 4.81. The van der Waals surface area contributed by atoms with Crippen molar-refractivity contribution in [2.24, 2.45) is 5.73 Å². The van der Waals surface area contributed by atoms with Gasteiger partial charge in [-0.15, -0.1) is 0 Å². The number of aromatic amines is 1. The summed E-state index contributed by atoms with van der Waals surface area (Å²) in [6.07, 6.45) is 5.32. The molecule has 2 aromatic rings. The van der Waals surface area contributed by atoms with Gasteiger partial charge in [0.1, 0.15) is 0 Å². The topological polar surface area (TPSA) is 63.8 Å². The van der Waals surface area contributed by atoms with Gasteiger partial charge < -0.3 is 10.7 Å². The number of hydrogen-bond donors (Lipinski definition) is 2. The molecular weight excluding hydrogens is 202 g/mol. The molecule has 0 saturated carbocycles. The molecule has 1 aromatic carbocycles. The minimum atomic E-state index is -0.116. The molecule has 1 heterocycles. The van der Waals surface area contributed by atoms with Gasteiger partial charge in [0, 0.05) is 12.4 Å². The summed E-state index contributed by atoms with van der Waals surface area (Å²) in [5.41, 5.74) is 7.46. The second-order valence-electron chi connectivity index (χ2n) is 3.69. The van der Waals surface area contributed by atoms with E-state index in [0.717, 1.165) is 18.5 Å². The fourth-order valence-electron chi connectivity index (χ4n) is 1.65. The van der Waals surface area contributed by atoms with Gasteiger partial charge in [-0.3, -0.25) is 4.57 Å². The van der Waals surface area contributed by atoms with Gasteiger partial charge in [-0.2, -0.15) is 0 Å². The summed E-state index contributed by atoms with van der Waals surface area (Å²) in [4.78, 5) is 14.0. The first kappa shape index (κ1) is 10.7. The van der Waals surface area contributed by atoms with Crippen LogP contribution in [0.3, 0.4) is 0 Å². The molecule has 16 heavy (non-hydrogen) atoms. The standard InChI is InChI=1S/C12H15N3O/c13-7-1-2-10-3-5-11(6-4-10)15-9-8-14-12(15)16/h3-6,8-9H,1-2,7,13H2,(H,14,16). The van der Waals surface area contributed by atoms with Crippen LogP contribution in [0.5, 0.6) is 0 Å². The van der Waals surface area contributed by atoms with Crippen LogP contribution in [0.15, 0.2) is 41.5 Å². The van der Waals surface area contributed by atoms with Gasteiger partial charge in [-0.1, -0.05) is 12.1 Å². The minimum Gasteiger partial charge on any atom is -0.330 e. The van der Waals surface area contributed by atoms with Crippen LogP contribution in [0.1, 0.15) is 12.0 Å². The van der Waals surface area contributed by atoms with Gasteiger partial charge in [-0.25, -0.2) is 4.79 Å². The Labute approximate surface area is 93.7 Å². The fourth-order valence-corrected chi connectivity index (χ4v) is 1.65. The zero-order valence-corrected chi connectivity index (χ0v) is 9.02. The first-order chi connectivity index (χ1) is 7.81. The molecule has 0 radical (unpaired) electrons. The number of imidazole rings is 1. The molecule has 0 saturated heterocycles. The highest BCUT2D eigenvalue weighted by Crippen LogP contribution is 2.08. The van der Waals surface area contributed by atoms with Crippen LogP contribution in [0, 0.1) is 0 Å². The molecule has 0 unspecified atom stereocenters. The molecule has 2 rings (SSSR count). The van der Waals surface area contributed by atoms with E-state index in [1.54, 1.807) is 17.0 Å². The lowest BCUT2D eigenvalue weighted by Gasteiger charge is -2.03. The summed E-state index contributed by atoms with van der Waals surface area (Å²) in [5, 5.41) is 0. The molecule has 0 aliphatic heterocycles. The molecule has 0 spiro atoms. The lowest BCUT2D eigenvalue weighted by molar-refractivity contribution is 0.832. The van der Waals surface area contributed by atoms with E-state index in [9.17, 15) is 4.79 Å². The summed E-state index contributed by atoms with van der Waals surface area (Å²) in [7, 11) is 0. The summed E-state index contributed by atoms with van der Waals surface area (Å²) in [6.45, 7) is 0.707. The van der Waals surface area contributed by atoms with E-state index in [2.05, 4.69) is 4.98 Å². The third kappa shape index (κ3) is 2.23. The number of H-pyrrole nitrogens is 1. The number of nitrogens with zero attached hydrogens (tertiary/aromatic N) is 1. The average molecular weight is 217 g/mol. The molecule has 1 aromatic heterocycles. The molecule has 3 N–H and O–H groups in total. The van der Waals surface area contributed by atoms with Crippen molar-refractivity contribution in [3.8, 4) is 5.69 Å². The van der Waals surface area contributed by atoms with Crippen molar-refractivity contribution in [1.29, 1.82) is 0 Å². The van der Waals surface area contributed by atoms with Crippen molar-refractivity contribution in [1.82, 2.24) is 9.55 Å².